The Hall–Kier alpha value is -4.27. The second-order valence-electron chi connectivity index (χ2n) is 7.19. The lowest BCUT2D eigenvalue weighted by molar-refractivity contribution is 0.0940. The van der Waals surface area contributed by atoms with Crippen LogP contribution in [0.15, 0.2) is 56.8 Å². The maximum Gasteiger partial charge on any atom is 0.287 e. The molecule has 0 aliphatic heterocycles. The number of aromatic nitrogens is 2. The first kappa shape index (κ1) is 20.0. The number of hydrogen-bond acceptors (Lipinski definition) is 7. The number of carbonyl (C=O) groups is 1. The van der Waals surface area contributed by atoms with Gasteiger partial charge >= 0.3 is 0 Å². The molecule has 31 heavy (non-hydrogen) atoms. The van der Waals surface area contributed by atoms with E-state index in [-0.39, 0.29) is 29.3 Å². The molecule has 156 valence electrons. The fourth-order valence-electron chi connectivity index (χ4n) is 3.36. The molecule has 0 saturated carbocycles. The van der Waals surface area contributed by atoms with Crippen molar-refractivity contribution in [2.24, 2.45) is 0 Å². The summed E-state index contributed by atoms with van der Waals surface area (Å²) in [5.74, 6) is -0.558. The first-order valence-corrected chi connectivity index (χ1v) is 9.53. The molecule has 1 amide bonds. The molecule has 4 aromatic rings. The van der Waals surface area contributed by atoms with Crippen molar-refractivity contribution in [3.8, 4) is 0 Å². The lowest BCUT2D eigenvalue weighted by Crippen LogP contribution is -2.36. The highest BCUT2D eigenvalue weighted by Crippen LogP contribution is 2.13. The zero-order valence-electron chi connectivity index (χ0n) is 16.6. The molecule has 5 N–H and O–H groups in total. The number of benzene rings is 2. The number of carbonyl (C=O) groups excluding carboxylic acids is 1. The molecule has 9 heteroatoms. The zero-order chi connectivity index (χ0) is 22.1. The van der Waals surface area contributed by atoms with Crippen molar-refractivity contribution in [1.82, 2.24) is 15.3 Å². The van der Waals surface area contributed by atoms with Crippen molar-refractivity contribution >= 4 is 28.2 Å². The van der Waals surface area contributed by atoms with Crippen LogP contribution in [0, 0.1) is 6.92 Å². The minimum atomic E-state index is -0.672. The largest absolute Gasteiger partial charge is 0.394 e. The second-order valence-corrected chi connectivity index (χ2v) is 7.19. The van der Waals surface area contributed by atoms with E-state index in [1.165, 1.54) is 0 Å². The van der Waals surface area contributed by atoms with Crippen LogP contribution in [0.3, 0.4) is 0 Å². The highest BCUT2D eigenvalue weighted by Gasteiger charge is 2.17. The van der Waals surface area contributed by atoms with Crippen LogP contribution in [0.5, 0.6) is 0 Å². The predicted octanol–water partition coefficient (Wildman–Crippen LogP) is 0.952. The third-order valence-electron chi connectivity index (χ3n) is 5.02. The summed E-state index contributed by atoms with van der Waals surface area (Å²) < 4.78 is 0. The number of nitrogens with one attached hydrogen (secondary N) is 3. The van der Waals surface area contributed by atoms with Crippen LogP contribution >= 0.6 is 0 Å². The van der Waals surface area contributed by atoms with Crippen LogP contribution in [-0.4, -0.2) is 15.9 Å². The highest BCUT2D eigenvalue weighted by atomic mass is 16.2. The SMILES string of the molecule is Cc1cccc2nc(C(=O)NCc3cccc(CNc4c(N)c(=O)c4=O)c3)[nH]c(=O)c12. The number of fused-ring (bicyclic) bond motifs is 1. The number of anilines is 2. The number of nitrogens with two attached hydrogens (primary N) is 1. The topological polar surface area (TPSA) is 147 Å². The van der Waals surface area contributed by atoms with Crippen LogP contribution in [0.25, 0.3) is 10.9 Å². The van der Waals surface area contributed by atoms with Crippen LogP contribution in [0.1, 0.15) is 27.3 Å². The van der Waals surface area contributed by atoms with Gasteiger partial charge in [0, 0.05) is 13.1 Å². The molecule has 0 aliphatic rings. The number of aromatic amines is 1. The fraction of sp³-hybridized carbons (Fsp3) is 0.136. The third-order valence-corrected chi connectivity index (χ3v) is 5.02. The summed E-state index contributed by atoms with van der Waals surface area (Å²) in [5, 5.41) is 6.05. The van der Waals surface area contributed by atoms with Crippen molar-refractivity contribution in [1.29, 1.82) is 0 Å². The van der Waals surface area contributed by atoms with Crippen LogP contribution in [-0.2, 0) is 13.1 Å². The van der Waals surface area contributed by atoms with Gasteiger partial charge in [0.2, 0.25) is 0 Å². The molecule has 0 fully saturated rings. The molecule has 0 radical (unpaired) electrons. The molecule has 0 atom stereocenters. The summed E-state index contributed by atoms with van der Waals surface area (Å²) in [4.78, 5) is 54.3. The van der Waals surface area contributed by atoms with E-state index in [0.717, 1.165) is 16.7 Å². The smallest absolute Gasteiger partial charge is 0.287 e. The van der Waals surface area contributed by atoms with Crippen LogP contribution in [0.2, 0.25) is 0 Å². The average Bonchev–Trinajstić information content (AvgIpc) is 2.77. The van der Waals surface area contributed by atoms with Crippen molar-refractivity contribution in [2.45, 2.75) is 20.0 Å². The van der Waals surface area contributed by atoms with Gasteiger partial charge in [-0.1, -0.05) is 36.4 Å². The van der Waals surface area contributed by atoms with E-state index in [4.69, 9.17) is 5.73 Å². The number of aryl methyl sites for hydroxylation is 1. The van der Waals surface area contributed by atoms with Gasteiger partial charge in [0.15, 0.2) is 5.82 Å². The molecular weight excluding hydrogens is 398 g/mol. The number of nitrogens with zero attached hydrogens (tertiary/aromatic N) is 1. The van der Waals surface area contributed by atoms with E-state index in [9.17, 15) is 19.2 Å². The summed E-state index contributed by atoms with van der Waals surface area (Å²) in [6.07, 6.45) is 0. The van der Waals surface area contributed by atoms with E-state index in [2.05, 4.69) is 20.6 Å². The monoisotopic (exact) mass is 417 g/mol. The Labute approximate surface area is 175 Å². The lowest BCUT2D eigenvalue weighted by Gasteiger charge is -2.11. The van der Waals surface area contributed by atoms with Gasteiger partial charge in [-0.05, 0) is 29.7 Å². The Balaban J connectivity index is 1.44. The predicted molar refractivity (Wildman–Crippen MR) is 118 cm³/mol. The van der Waals surface area contributed by atoms with Gasteiger partial charge in [0.05, 0.1) is 10.9 Å². The van der Waals surface area contributed by atoms with Crippen molar-refractivity contribution in [3.05, 3.63) is 95.8 Å². The molecule has 0 unspecified atom stereocenters. The van der Waals surface area contributed by atoms with Crippen LogP contribution < -0.4 is 32.8 Å². The molecule has 0 aliphatic carbocycles. The zero-order valence-corrected chi connectivity index (χ0v) is 16.6. The fourth-order valence-corrected chi connectivity index (χ4v) is 3.36. The standard InChI is InChI=1S/C22H19N5O4/c1-11-4-2-7-14-15(11)21(30)27-20(26-14)22(31)25-10-13-6-3-5-12(8-13)9-24-17-16(23)18(28)19(17)29/h2-8,24H,9-10,23H2,1H3,(H,25,31)(H,26,27,30). The highest BCUT2D eigenvalue weighted by molar-refractivity contribution is 5.93. The molecule has 3 aromatic carbocycles. The molecule has 1 aromatic heterocycles. The van der Waals surface area contributed by atoms with E-state index in [1.54, 1.807) is 12.1 Å². The van der Waals surface area contributed by atoms with Gasteiger partial charge in [0.25, 0.3) is 22.3 Å². The Kier molecular flexibility index (Phi) is 5.08. The number of rotatable bonds is 6. The first-order chi connectivity index (χ1) is 14.8. The van der Waals surface area contributed by atoms with E-state index < -0.39 is 16.8 Å². The normalized spacial score (nSPS) is 11.0. The minimum Gasteiger partial charge on any atom is -0.394 e. The van der Waals surface area contributed by atoms with Crippen molar-refractivity contribution in [3.63, 3.8) is 0 Å². The minimum absolute atomic E-state index is 0.0551. The van der Waals surface area contributed by atoms with Gasteiger partial charge in [0.1, 0.15) is 11.4 Å². The summed E-state index contributed by atoms with van der Waals surface area (Å²) >= 11 is 0. The van der Waals surface area contributed by atoms with Gasteiger partial charge < -0.3 is 21.4 Å². The van der Waals surface area contributed by atoms with Gasteiger partial charge in [-0.25, -0.2) is 4.98 Å². The summed E-state index contributed by atoms with van der Waals surface area (Å²) in [5.41, 5.74) is 6.83. The molecule has 0 saturated heterocycles. The summed E-state index contributed by atoms with van der Waals surface area (Å²) in [6, 6.07) is 12.6. The first-order valence-electron chi connectivity index (χ1n) is 9.53. The molecule has 9 nitrogen and oxygen atoms in total. The van der Waals surface area contributed by atoms with E-state index in [0.29, 0.717) is 17.4 Å². The average molecular weight is 417 g/mol. The van der Waals surface area contributed by atoms with Gasteiger partial charge in [-0.2, -0.15) is 0 Å². The second kappa shape index (κ2) is 7.86. The molecule has 4 rings (SSSR count). The quantitative estimate of drug-likeness (QED) is 0.342. The Morgan fingerprint density at radius 2 is 1.74 bits per heavy atom. The van der Waals surface area contributed by atoms with Crippen molar-refractivity contribution in [2.75, 3.05) is 11.1 Å². The molecular formula is C22H19N5O4. The Bertz CT molecular complexity index is 1450. The van der Waals surface area contributed by atoms with Gasteiger partial charge in [-0.3, -0.25) is 19.2 Å². The van der Waals surface area contributed by atoms with E-state index >= 15 is 0 Å². The van der Waals surface area contributed by atoms with Crippen LogP contribution in [0.4, 0.5) is 11.4 Å². The molecule has 1 heterocycles. The number of amides is 1. The molecule has 0 spiro atoms. The lowest BCUT2D eigenvalue weighted by atomic mass is 10.1. The van der Waals surface area contributed by atoms with Crippen molar-refractivity contribution < 1.29 is 4.79 Å². The molecule has 0 bridgehead atoms. The Morgan fingerprint density at radius 1 is 1.03 bits per heavy atom. The summed E-state index contributed by atoms with van der Waals surface area (Å²) in [7, 11) is 0. The number of H-pyrrole nitrogens is 1. The Morgan fingerprint density at radius 3 is 2.48 bits per heavy atom. The number of hydrogen-bond donors (Lipinski definition) is 4. The van der Waals surface area contributed by atoms with Gasteiger partial charge in [-0.15, -0.1) is 0 Å². The maximum absolute atomic E-state index is 12.5. The summed E-state index contributed by atoms with van der Waals surface area (Å²) in [6.45, 7) is 2.32. The number of nitrogen functional groups attached to an aromatic ring is 1. The third kappa shape index (κ3) is 3.80. The van der Waals surface area contributed by atoms with E-state index in [1.807, 2.05) is 37.3 Å². The maximum atomic E-state index is 12.5.